The van der Waals surface area contributed by atoms with Crippen molar-refractivity contribution in [2.45, 2.75) is 38.1 Å². The molecular formula is C23H25N5OS. The fraction of sp³-hybridized carbons (Fsp3) is 0.348. The van der Waals surface area contributed by atoms with Crippen LogP contribution in [0.15, 0.2) is 41.6 Å². The van der Waals surface area contributed by atoms with Crippen LogP contribution in [0.3, 0.4) is 0 Å². The molecule has 1 aliphatic rings. The second kappa shape index (κ2) is 7.40. The van der Waals surface area contributed by atoms with Crippen molar-refractivity contribution < 1.29 is 0 Å². The normalized spacial score (nSPS) is 15.1. The second-order valence-corrected chi connectivity index (χ2v) is 9.25. The van der Waals surface area contributed by atoms with Gasteiger partial charge in [-0.2, -0.15) is 0 Å². The van der Waals surface area contributed by atoms with Gasteiger partial charge in [-0.1, -0.05) is 31.4 Å². The summed E-state index contributed by atoms with van der Waals surface area (Å²) in [4.78, 5) is 25.8. The zero-order chi connectivity index (χ0) is 20.8. The van der Waals surface area contributed by atoms with Gasteiger partial charge in [0.2, 0.25) is 0 Å². The molecule has 1 aromatic carbocycles. The molecular weight excluding hydrogens is 394 g/mol. The Morgan fingerprint density at radius 3 is 2.70 bits per heavy atom. The Hall–Kier alpha value is -2.93. The maximum Gasteiger partial charge on any atom is 0.271 e. The maximum absolute atomic E-state index is 13.4. The van der Waals surface area contributed by atoms with Gasteiger partial charge in [0, 0.05) is 37.6 Å². The van der Waals surface area contributed by atoms with Crippen molar-refractivity contribution in [3.63, 3.8) is 0 Å². The van der Waals surface area contributed by atoms with E-state index in [2.05, 4.69) is 4.90 Å². The van der Waals surface area contributed by atoms with E-state index in [9.17, 15) is 4.79 Å². The zero-order valence-corrected chi connectivity index (χ0v) is 18.1. The van der Waals surface area contributed by atoms with Crippen LogP contribution in [-0.4, -0.2) is 28.6 Å². The molecule has 6 nitrogen and oxygen atoms in total. The molecule has 3 aromatic heterocycles. The topological polar surface area (TPSA) is 77.0 Å². The quantitative estimate of drug-likeness (QED) is 0.482. The molecule has 1 aliphatic carbocycles. The van der Waals surface area contributed by atoms with Gasteiger partial charge in [0.05, 0.1) is 22.9 Å². The van der Waals surface area contributed by atoms with Gasteiger partial charge < -0.3 is 10.6 Å². The van der Waals surface area contributed by atoms with Crippen LogP contribution in [0.5, 0.6) is 0 Å². The molecule has 4 aromatic rings. The van der Waals surface area contributed by atoms with Crippen molar-refractivity contribution >= 4 is 43.1 Å². The Balaban J connectivity index is 1.77. The number of pyridine rings is 1. The van der Waals surface area contributed by atoms with E-state index in [-0.39, 0.29) is 11.6 Å². The average Bonchev–Trinajstić information content (AvgIpc) is 3.13. The third-order valence-electron chi connectivity index (χ3n) is 6.02. The Morgan fingerprint density at radius 2 is 1.97 bits per heavy atom. The van der Waals surface area contributed by atoms with Gasteiger partial charge >= 0.3 is 0 Å². The highest BCUT2D eigenvalue weighted by molar-refractivity contribution is 7.25. The summed E-state index contributed by atoms with van der Waals surface area (Å²) >= 11 is 1.45. The number of anilines is 2. The molecule has 7 heteroatoms. The van der Waals surface area contributed by atoms with E-state index in [1.807, 2.05) is 49.1 Å². The second-order valence-electron chi connectivity index (χ2n) is 8.25. The smallest absolute Gasteiger partial charge is 0.271 e. The summed E-state index contributed by atoms with van der Waals surface area (Å²) in [6.07, 6.45) is 9.35. The minimum atomic E-state index is 0.0603. The third kappa shape index (κ3) is 3.04. The molecule has 0 aliphatic heterocycles. The van der Waals surface area contributed by atoms with Crippen LogP contribution in [-0.2, 0) is 0 Å². The Labute approximate surface area is 179 Å². The van der Waals surface area contributed by atoms with Crippen LogP contribution in [0.25, 0.3) is 31.6 Å². The number of fused-ring (bicyclic) bond motifs is 3. The van der Waals surface area contributed by atoms with Crippen molar-refractivity contribution in [2.75, 3.05) is 24.7 Å². The number of rotatable bonds is 3. The number of thiophene rings is 1. The van der Waals surface area contributed by atoms with Crippen LogP contribution in [0.2, 0.25) is 0 Å². The molecule has 5 rings (SSSR count). The Bertz CT molecular complexity index is 1300. The average molecular weight is 420 g/mol. The summed E-state index contributed by atoms with van der Waals surface area (Å²) in [6, 6.07) is 8.07. The van der Waals surface area contributed by atoms with Gasteiger partial charge in [-0.05, 0) is 30.5 Å². The molecule has 0 radical (unpaired) electrons. The minimum Gasteiger partial charge on any atom is -0.399 e. The molecule has 0 spiro atoms. The van der Waals surface area contributed by atoms with Gasteiger partial charge in [0.25, 0.3) is 5.56 Å². The van der Waals surface area contributed by atoms with Crippen molar-refractivity contribution in [1.82, 2.24) is 14.5 Å². The van der Waals surface area contributed by atoms with Crippen molar-refractivity contribution in [2.24, 2.45) is 0 Å². The summed E-state index contributed by atoms with van der Waals surface area (Å²) in [5.41, 5.74) is 10.5. The highest BCUT2D eigenvalue weighted by atomic mass is 32.1. The van der Waals surface area contributed by atoms with Crippen LogP contribution in [0, 0.1) is 0 Å². The first-order valence-electron chi connectivity index (χ1n) is 10.4. The van der Waals surface area contributed by atoms with E-state index in [4.69, 9.17) is 15.7 Å². The van der Waals surface area contributed by atoms with Gasteiger partial charge in [0.1, 0.15) is 9.53 Å². The van der Waals surface area contributed by atoms with Crippen molar-refractivity contribution in [1.29, 1.82) is 0 Å². The number of hydrogen-bond acceptors (Lipinski definition) is 6. The molecule has 154 valence electrons. The lowest BCUT2D eigenvalue weighted by Crippen LogP contribution is -2.26. The van der Waals surface area contributed by atoms with Crippen molar-refractivity contribution in [3.05, 3.63) is 47.1 Å². The van der Waals surface area contributed by atoms with E-state index in [0.717, 1.165) is 45.4 Å². The largest absolute Gasteiger partial charge is 0.399 e. The predicted molar refractivity (Wildman–Crippen MR) is 125 cm³/mol. The van der Waals surface area contributed by atoms with Crippen LogP contribution in [0.4, 0.5) is 11.4 Å². The predicted octanol–water partition coefficient (Wildman–Crippen LogP) is 4.83. The van der Waals surface area contributed by atoms with E-state index in [1.165, 1.54) is 30.6 Å². The fourth-order valence-corrected chi connectivity index (χ4v) is 5.63. The fourth-order valence-electron chi connectivity index (χ4n) is 4.59. The molecule has 2 N–H and O–H groups in total. The number of hydrogen-bond donors (Lipinski definition) is 1. The molecule has 0 bridgehead atoms. The summed E-state index contributed by atoms with van der Waals surface area (Å²) in [6.45, 7) is 0. The number of nitrogens with zero attached hydrogens (tertiary/aromatic N) is 4. The molecule has 0 amide bonds. The van der Waals surface area contributed by atoms with E-state index in [1.54, 1.807) is 6.33 Å². The first kappa shape index (κ1) is 19.1. The first-order chi connectivity index (χ1) is 14.5. The Morgan fingerprint density at radius 1 is 1.17 bits per heavy atom. The van der Waals surface area contributed by atoms with E-state index < -0.39 is 0 Å². The molecule has 0 atom stereocenters. The maximum atomic E-state index is 13.4. The minimum absolute atomic E-state index is 0.0603. The van der Waals surface area contributed by atoms with Gasteiger partial charge in [-0.3, -0.25) is 9.36 Å². The van der Waals surface area contributed by atoms with Gasteiger partial charge in [-0.15, -0.1) is 11.3 Å². The van der Waals surface area contributed by atoms with Crippen LogP contribution >= 0.6 is 11.3 Å². The van der Waals surface area contributed by atoms with Crippen LogP contribution < -0.4 is 16.2 Å². The third-order valence-corrected chi connectivity index (χ3v) is 7.10. The van der Waals surface area contributed by atoms with Crippen molar-refractivity contribution in [3.8, 4) is 11.1 Å². The lowest BCUT2D eigenvalue weighted by Gasteiger charge is -2.23. The monoisotopic (exact) mass is 419 g/mol. The molecule has 0 unspecified atom stereocenters. The summed E-state index contributed by atoms with van der Waals surface area (Å²) in [5, 5.41) is 0.938. The standard InChI is InChI=1S/C23H25N5OS/c1-27(2)20-17(14-7-6-8-15(24)11-14)12-25-22-18(20)19-21(30-22)23(29)28(13-26-19)16-9-4-3-5-10-16/h6-8,11-13,16H,3-5,9-10,24H2,1-2H3. The zero-order valence-electron chi connectivity index (χ0n) is 17.3. The van der Waals surface area contributed by atoms with Gasteiger partial charge in [-0.25, -0.2) is 9.97 Å². The number of nitrogens with two attached hydrogens (primary N) is 1. The number of benzene rings is 1. The summed E-state index contributed by atoms with van der Waals surface area (Å²) in [7, 11) is 4.02. The van der Waals surface area contributed by atoms with E-state index in [0.29, 0.717) is 10.4 Å². The highest BCUT2D eigenvalue weighted by Gasteiger charge is 2.23. The number of nitrogen functional groups attached to an aromatic ring is 1. The molecule has 0 saturated heterocycles. The van der Waals surface area contributed by atoms with Gasteiger partial charge in [0.15, 0.2) is 0 Å². The molecule has 3 heterocycles. The molecule has 1 fully saturated rings. The Kier molecular flexibility index (Phi) is 4.70. The first-order valence-corrected chi connectivity index (χ1v) is 11.2. The van der Waals surface area contributed by atoms with Crippen LogP contribution in [0.1, 0.15) is 38.1 Å². The lowest BCUT2D eigenvalue weighted by molar-refractivity contribution is 0.345. The lowest BCUT2D eigenvalue weighted by atomic mass is 9.95. The highest BCUT2D eigenvalue weighted by Crippen LogP contribution is 2.42. The van der Waals surface area contributed by atoms with E-state index >= 15 is 0 Å². The SMILES string of the molecule is CN(C)c1c(-c2cccc(N)c2)cnc2sc3c(=O)n(C4CCCCC4)cnc3c12. The summed E-state index contributed by atoms with van der Waals surface area (Å²) in [5.74, 6) is 0. The summed E-state index contributed by atoms with van der Waals surface area (Å²) < 4.78 is 2.55. The molecule has 1 saturated carbocycles. The number of aromatic nitrogens is 3. The molecule has 30 heavy (non-hydrogen) atoms.